The summed E-state index contributed by atoms with van der Waals surface area (Å²) in [5.41, 5.74) is 2.15. The highest BCUT2D eigenvalue weighted by Gasteiger charge is 2.29. The summed E-state index contributed by atoms with van der Waals surface area (Å²) < 4.78 is 0. The monoisotopic (exact) mass is 318 g/mol. The first-order valence-electron chi connectivity index (χ1n) is 7.50. The smallest absolute Gasteiger partial charge is 0.129 e. The highest BCUT2D eigenvalue weighted by molar-refractivity contribution is 6.29. The van der Waals surface area contributed by atoms with Gasteiger partial charge in [0.15, 0.2) is 0 Å². The van der Waals surface area contributed by atoms with Crippen molar-refractivity contribution in [1.29, 1.82) is 0 Å². The highest BCUT2D eigenvalue weighted by Crippen LogP contribution is 2.34. The molecule has 2 N–H and O–H groups in total. The lowest BCUT2D eigenvalue weighted by Gasteiger charge is -2.33. The zero-order chi connectivity index (χ0) is 16.0. The minimum absolute atomic E-state index is 0.150. The molecule has 1 aromatic carbocycles. The van der Waals surface area contributed by atoms with Gasteiger partial charge in [-0.25, -0.2) is 4.98 Å². The van der Waals surface area contributed by atoms with Crippen LogP contribution in [-0.2, 0) is 6.54 Å². The lowest BCUT2D eigenvalue weighted by molar-refractivity contribution is 0.129. The van der Waals surface area contributed by atoms with Crippen LogP contribution in [0.3, 0.4) is 0 Å². The highest BCUT2D eigenvalue weighted by atomic mass is 35.5. The van der Waals surface area contributed by atoms with E-state index in [-0.39, 0.29) is 17.9 Å². The first-order chi connectivity index (χ1) is 10.5. The molecule has 0 saturated heterocycles. The summed E-state index contributed by atoms with van der Waals surface area (Å²) in [5, 5.41) is 13.7. The van der Waals surface area contributed by atoms with E-state index in [1.807, 2.05) is 24.3 Å². The molecule has 4 heteroatoms. The molecule has 1 aromatic heterocycles. The molecular formula is C18H23ClN2O. The molecule has 1 unspecified atom stereocenters. The molecule has 22 heavy (non-hydrogen) atoms. The molecule has 2 aromatic rings. The summed E-state index contributed by atoms with van der Waals surface area (Å²) in [6.07, 6.45) is 1.78. The third-order valence-corrected chi connectivity index (χ3v) is 4.24. The van der Waals surface area contributed by atoms with Crippen LogP contribution in [0.25, 0.3) is 0 Å². The number of aromatic nitrogens is 1. The first kappa shape index (κ1) is 16.9. The molecule has 0 fully saturated rings. The molecule has 0 radical (unpaired) electrons. The van der Waals surface area contributed by atoms with Crippen LogP contribution in [0, 0.1) is 5.41 Å². The van der Waals surface area contributed by atoms with Gasteiger partial charge in [-0.05, 0) is 22.6 Å². The Balaban J connectivity index is 2.03. The third kappa shape index (κ3) is 4.54. The molecule has 0 aliphatic rings. The average molecular weight is 319 g/mol. The number of hydrogen-bond donors (Lipinski definition) is 2. The number of aliphatic hydroxyl groups excluding tert-OH is 1. The zero-order valence-corrected chi connectivity index (χ0v) is 13.8. The fraction of sp³-hybridized carbons (Fsp3) is 0.389. The number of pyridine rings is 1. The van der Waals surface area contributed by atoms with Gasteiger partial charge in [-0.1, -0.05) is 61.8 Å². The second-order valence-corrected chi connectivity index (χ2v) is 6.62. The van der Waals surface area contributed by atoms with Gasteiger partial charge in [0.2, 0.25) is 0 Å². The fourth-order valence-corrected chi connectivity index (χ4v) is 2.62. The van der Waals surface area contributed by atoms with Crippen LogP contribution in [0.1, 0.15) is 30.9 Å². The van der Waals surface area contributed by atoms with Gasteiger partial charge in [0.1, 0.15) is 5.15 Å². The molecule has 0 spiro atoms. The lowest BCUT2D eigenvalue weighted by atomic mass is 9.75. The Morgan fingerprint density at radius 1 is 1.18 bits per heavy atom. The summed E-state index contributed by atoms with van der Waals surface area (Å²) in [6.45, 7) is 5.86. The summed E-state index contributed by atoms with van der Waals surface area (Å²) in [7, 11) is 0. The van der Waals surface area contributed by atoms with Crippen molar-refractivity contribution in [2.24, 2.45) is 5.41 Å². The summed E-state index contributed by atoms with van der Waals surface area (Å²) >= 11 is 5.80. The normalized spacial score (nSPS) is 13.1. The van der Waals surface area contributed by atoms with Gasteiger partial charge in [0.05, 0.1) is 0 Å². The number of rotatable bonds is 7. The molecule has 0 aliphatic heterocycles. The largest absolute Gasteiger partial charge is 0.396 e. The van der Waals surface area contributed by atoms with E-state index in [9.17, 15) is 5.11 Å². The van der Waals surface area contributed by atoms with Crippen LogP contribution < -0.4 is 5.32 Å². The maximum Gasteiger partial charge on any atom is 0.129 e. The molecule has 2 rings (SSSR count). The van der Waals surface area contributed by atoms with Gasteiger partial charge in [-0.3, -0.25) is 0 Å². The van der Waals surface area contributed by atoms with Crippen molar-refractivity contribution in [1.82, 2.24) is 10.3 Å². The van der Waals surface area contributed by atoms with Crippen LogP contribution in [0.2, 0.25) is 5.15 Å². The second-order valence-electron chi connectivity index (χ2n) is 6.23. The van der Waals surface area contributed by atoms with Crippen molar-refractivity contribution in [2.45, 2.75) is 26.3 Å². The molecule has 1 heterocycles. The van der Waals surface area contributed by atoms with Crippen LogP contribution in [0.5, 0.6) is 0 Å². The van der Waals surface area contributed by atoms with Crippen LogP contribution in [0.15, 0.2) is 48.7 Å². The van der Waals surface area contributed by atoms with Crippen LogP contribution >= 0.6 is 11.6 Å². The number of aliphatic hydroxyl groups is 1. The van der Waals surface area contributed by atoms with E-state index in [1.165, 1.54) is 5.56 Å². The van der Waals surface area contributed by atoms with Gasteiger partial charge in [-0.2, -0.15) is 0 Å². The van der Waals surface area contributed by atoms with Gasteiger partial charge >= 0.3 is 0 Å². The van der Waals surface area contributed by atoms with Crippen molar-refractivity contribution in [3.8, 4) is 0 Å². The Morgan fingerprint density at radius 3 is 2.50 bits per heavy atom. The standard InChI is InChI=1S/C18H23ClN2O/c1-18(2,13-22)16(15-6-4-3-5-7-15)12-20-10-14-8-9-17(19)21-11-14/h3-9,11,16,20,22H,10,12-13H2,1-2H3. The molecule has 0 bridgehead atoms. The van der Waals surface area contributed by atoms with Crippen molar-refractivity contribution in [3.05, 3.63) is 64.9 Å². The Labute approximate surface area is 137 Å². The first-order valence-corrected chi connectivity index (χ1v) is 7.87. The maximum atomic E-state index is 9.72. The molecule has 0 aliphatic carbocycles. The lowest BCUT2D eigenvalue weighted by Crippen LogP contribution is -2.34. The number of nitrogens with one attached hydrogen (secondary N) is 1. The minimum Gasteiger partial charge on any atom is -0.396 e. The summed E-state index contributed by atoms with van der Waals surface area (Å²) in [6, 6.07) is 14.1. The van der Waals surface area contributed by atoms with Gasteiger partial charge in [0.25, 0.3) is 0 Å². The predicted molar refractivity (Wildman–Crippen MR) is 91.0 cm³/mol. The molecular weight excluding hydrogens is 296 g/mol. The SMILES string of the molecule is CC(C)(CO)C(CNCc1ccc(Cl)nc1)c1ccccc1. The van der Waals surface area contributed by atoms with E-state index in [4.69, 9.17) is 11.6 Å². The van der Waals surface area contributed by atoms with Gasteiger partial charge in [-0.15, -0.1) is 0 Å². The average Bonchev–Trinajstić information content (AvgIpc) is 2.54. The molecule has 0 saturated carbocycles. The third-order valence-electron chi connectivity index (χ3n) is 4.02. The van der Waals surface area contributed by atoms with E-state index >= 15 is 0 Å². The van der Waals surface area contributed by atoms with E-state index in [2.05, 4.69) is 36.3 Å². The van der Waals surface area contributed by atoms with Crippen molar-refractivity contribution in [2.75, 3.05) is 13.2 Å². The number of hydrogen-bond acceptors (Lipinski definition) is 3. The van der Waals surface area contributed by atoms with Crippen LogP contribution in [0.4, 0.5) is 0 Å². The van der Waals surface area contributed by atoms with Crippen molar-refractivity contribution < 1.29 is 5.11 Å². The van der Waals surface area contributed by atoms with Crippen LogP contribution in [-0.4, -0.2) is 23.2 Å². The number of benzene rings is 1. The van der Waals surface area contributed by atoms with E-state index in [0.29, 0.717) is 5.15 Å². The van der Waals surface area contributed by atoms with E-state index in [1.54, 1.807) is 12.3 Å². The number of halogens is 1. The molecule has 1 atom stereocenters. The minimum atomic E-state index is -0.188. The quantitative estimate of drug-likeness (QED) is 0.766. The fourth-order valence-electron chi connectivity index (χ4n) is 2.51. The maximum absolute atomic E-state index is 9.72. The van der Waals surface area contributed by atoms with Gasteiger partial charge in [0, 0.05) is 31.8 Å². The molecule has 118 valence electrons. The van der Waals surface area contributed by atoms with Gasteiger partial charge < -0.3 is 10.4 Å². The second kappa shape index (κ2) is 7.73. The zero-order valence-electron chi connectivity index (χ0n) is 13.1. The molecule has 0 amide bonds. The van der Waals surface area contributed by atoms with Crippen molar-refractivity contribution >= 4 is 11.6 Å². The Morgan fingerprint density at radius 2 is 1.91 bits per heavy atom. The Bertz CT molecular complexity index is 569. The molecule has 3 nitrogen and oxygen atoms in total. The Kier molecular flexibility index (Phi) is 5.95. The topological polar surface area (TPSA) is 45.1 Å². The van der Waals surface area contributed by atoms with E-state index < -0.39 is 0 Å². The summed E-state index contributed by atoms with van der Waals surface area (Å²) in [4.78, 5) is 4.09. The summed E-state index contributed by atoms with van der Waals surface area (Å²) in [5.74, 6) is 0.235. The van der Waals surface area contributed by atoms with E-state index in [0.717, 1.165) is 18.7 Å². The number of nitrogens with zero attached hydrogens (tertiary/aromatic N) is 1. The van der Waals surface area contributed by atoms with Crippen molar-refractivity contribution in [3.63, 3.8) is 0 Å². The Hall–Kier alpha value is -1.42. The predicted octanol–water partition coefficient (Wildman–Crippen LogP) is 3.63.